The summed E-state index contributed by atoms with van der Waals surface area (Å²) in [5, 5.41) is 11.6. The summed E-state index contributed by atoms with van der Waals surface area (Å²) < 4.78 is 5.07. The van der Waals surface area contributed by atoms with E-state index >= 15 is 0 Å². The van der Waals surface area contributed by atoms with Gasteiger partial charge in [-0.3, -0.25) is 4.79 Å². The Morgan fingerprint density at radius 1 is 1.60 bits per heavy atom. The summed E-state index contributed by atoms with van der Waals surface area (Å²) in [4.78, 5) is 21.4. The number of aliphatic hydroxyl groups is 1. The van der Waals surface area contributed by atoms with Crippen LogP contribution in [-0.2, 0) is 14.3 Å². The molecule has 2 N–H and O–H groups in total. The van der Waals surface area contributed by atoms with Gasteiger partial charge >= 0.3 is 5.97 Å². The van der Waals surface area contributed by atoms with Crippen molar-refractivity contribution in [3.05, 3.63) is 0 Å². The maximum Gasteiger partial charge on any atom is 0.307 e. The Balaban J connectivity index is 3.95. The van der Waals surface area contributed by atoms with E-state index in [1.165, 1.54) is 0 Å². The van der Waals surface area contributed by atoms with E-state index in [4.69, 9.17) is 9.84 Å². The molecule has 1 atom stereocenters. The lowest BCUT2D eigenvalue weighted by Crippen LogP contribution is -2.39. The molecule has 0 radical (unpaired) electrons. The highest BCUT2D eigenvalue weighted by Crippen LogP contribution is 2.08. The molecule has 0 spiro atoms. The third kappa shape index (κ3) is 8.14. The van der Waals surface area contributed by atoms with Gasteiger partial charge in [-0.15, -0.1) is 0 Å². The van der Waals surface area contributed by atoms with Gasteiger partial charge in [-0.1, -0.05) is 0 Å². The van der Waals surface area contributed by atoms with Crippen molar-refractivity contribution in [3.8, 4) is 0 Å². The average Bonchev–Trinajstić information content (AvgIpc) is 2.09. The summed E-state index contributed by atoms with van der Waals surface area (Å²) in [5.41, 5.74) is -0.526. The van der Waals surface area contributed by atoms with Crippen LogP contribution in [0.4, 0.5) is 0 Å². The van der Waals surface area contributed by atoms with Crippen molar-refractivity contribution in [3.63, 3.8) is 0 Å². The van der Waals surface area contributed by atoms with Crippen LogP contribution >= 0.6 is 0 Å². The monoisotopic (exact) mass is 215 g/mol. The van der Waals surface area contributed by atoms with Gasteiger partial charge in [0, 0.05) is 6.04 Å². The van der Waals surface area contributed by atoms with E-state index in [0.717, 1.165) is 0 Å². The number of hydrogen-bond donors (Lipinski definition) is 2. The number of carbonyl (C=O) groups is 2. The molecule has 5 nitrogen and oxygen atoms in total. The number of rotatable bonds is 6. The number of ether oxygens (including phenoxy) is 1. The maximum absolute atomic E-state index is 11.3. The van der Waals surface area contributed by atoms with Crippen LogP contribution in [0.3, 0.4) is 0 Å². The molecule has 0 aliphatic carbocycles. The van der Waals surface area contributed by atoms with E-state index in [9.17, 15) is 9.59 Å². The molecule has 0 aromatic rings. The van der Waals surface area contributed by atoms with Crippen LogP contribution in [0.5, 0.6) is 0 Å². The number of hydrogen-bond acceptors (Lipinski definition) is 5. The molecular weight excluding hydrogens is 197 g/mol. The molecule has 0 heterocycles. The molecule has 0 bridgehead atoms. The highest BCUT2D eigenvalue weighted by molar-refractivity contribution is 6.64. The van der Waals surface area contributed by atoms with Gasteiger partial charge in [0.15, 0.2) is 0 Å². The standard InChI is InChI=1S/C9H18BNO4/c1-9(2,3)15-8(14)4-7(5-12)11-10-6-13/h6-7,10-12H,4-5H2,1-3H3/t7-/m1/s1. The molecule has 0 saturated heterocycles. The lowest BCUT2D eigenvalue weighted by Gasteiger charge is -2.21. The smallest absolute Gasteiger partial charge is 0.307 e. The van der Waals surface area contributed by atoms with Crippen molar-refractivity contribution in [1.82, 2.24) is 5.23 Å². The molecule has 15 heavy (non-hydrogen) atoms. The van der Waals surface area contributed by atoms with Crippen LogP contribution in [0.2, 0.25) is 0 Å². The van der Waals surface area contributed by atoms with Gasteiger partial charge in [0.05, 0.1) is 19.2 Å². The summed E-state index contributed by atoms with van der Waals surface area (Å²) in [7, 11) is 0.119. The molecular formula is C9H18BNO4. The van der Waals surface area contributed by atoms with Gasteiger partial charge in [0.25, 0.3) is 7.41 Å². The second-order valence-corrected chi connectivity index (χ2v) is 4.24. The number of carbonyl (C=O) groups excluding carboxylic acids is 2. The Hall–Kier alpha value is -0.875. The average molecular weight is 215 g/mol. The Labute approximate surface area is 90.4 Å². The zero-order valence-corrected chi connectivity index (χ0v) is 9.45. The first-order valence-electron chi connectivity index (χ1n) is 4.88. The predicted molar refractivity (Wildman–Crippen MR) is 58.4 cm³/mol. The molecule has 0 unspecified atom stereocenters. The summed E-state index contributed by atoms with van der Waals surface area (Å²) in [6.45, 7) is 5.13. The minimum atomic E-state index is -0.526. The molecule has 0 aliphatic rings. The lowest BCUT2D eigenvalue weighted by molar-refractivity contribution is -0.155. The van der Waals surface area contributed by atoms with Gasteiger partial charge in [-0.25, -0.2) is 0 Å². The van der Waals surface area contributed by atoms with E-state index in [0.29, 0.717) is 6.19 Å². The number of nitrogens with one attached hydrogen (secondary N) is 1. The van der Waals surface area contributed by atoms with Crippen molar-refractivity contribution < 1.29 is 19.4 Å². The molecule has 86 valence electrons. The van der Waals surface area contributed by atoms with Crippen molar-refractivity contribution in [2.75, 3.05) is 6.61 Å². The summed E-state index contributed by atoms with van der Waals surface area (Å²) in [5.74, 6) is -0.389. The molecule has 6 heteroatoms. The summed E-state index contributed by atoms with van der Waals surface area (Å²) in [6, 6.07) is -0.426. The Morgan fingerprint density at radius 2 is 2.20 bits per heavy atom. The van der Waals surface area contributed by atoms with Crippen LogP contribution in [0.25, 0.3) is 0 Å². The molecule has 0 saturated carbocycles. The van der Waals surface area contributed by atoms with Crippen molar-refractivity contribution >= 4 is 19.6 Å². The molecule has 0 aliphatic heterocycles. The first-order valence-corrected chi connectivity index (χ1v) is 4.88. The SMILES string of the molecule is CC(C)(C)OC(=O)C[C@H](CO)NBC=O. The van der Waals surface area contributed by atoms with Crippen LogP contribution in [0.15, 0.2) is 0 Å². The minimum absolute atomic E-state index is 0.0572. The minimum Gasteiger partial charge on any atom is -0.460 e. The van der Waals surface area contributed by atoms with E-state index in [1.54, 1.807) is 20.8 Å². The molecule has 0 aromatic heterocycles. The van der Waals surface area contributed by atoms with E-state index in [-0.39, 0.29) is 26.4 Å². The highest BCUT2D eigenvalue weighted by Gasteiger charge is 2.19. The normalized spacial score (nSPS) is 13.1. The van der Waals surface area contributed by atoms with Crippen LogP contribution in [0.1, 0.15) is 27.2 Å². The molecule has 0 rings (SSSR count). The number of aliphatic hydroxyl groups excluding tert-OH is 1. The van der Waals surface area contributed by atoms with Crippen LogP contribution in [-0.4, -0.2) is 42.9 Å². The molecule has 0 amide bonds. The first kappa shape index (κ1) is 14.1. The number of esters is 1. The van der Waals surface area contributed by atoms with E-state index in [1.807, 2.05) is 0 Å². The fourth-order valence-corrected chi connectivity index (χ4v) is 1.00. The topological polar surface area (TPSA) is 75.6 Å². The van der Waals surface area contributed by atoms with Crippen LogP contribution in [0, 0.1) is 0 Å². The third-order valence-corrected chi connectivity index (χ3v) is 1.54. The zero-order chi connectivity index (χ0) is 11.9. The lowest BCUT2D eigenvalue weighted by atomic mass is 9.96. The summed E-state index contributed by atoms with van der Waals surface area (Å²) >= 11 is 0. The van der Waals surface area contributed by atoms with Gasteiger partial charge in [-0.2, -0.15) is 0 Å². The fourth-order valence-electron chi connectivity index (χ4n) is 1.00. The van der Waals surface area contributed by atoms with Gasteiger partial charge < -0.3 is 19.9 Å². The fraction of sp³-hybridized carbons (Fsp3) is 0.778. The third-order valence-electron chi connectivity index (χ3n) is 1.54. The van der Waals surface area contributed by atoms with E-state index in [2.05, 4.69) is 5.23 Å². The zero-order valence-electron chi connectivity index (χ0n) is 9.45. The second kappa shape index (κ2) is 6.58. The first-order chi connectivity index (χ1) is 6.89. The van der Waals surface area contributed by atoms with Gasteiger partial charge in [0.1, 0.15) is 5.60 Å². The van der Waals surface area contributed by atoms with Crippen molar-refractivity contribution in [1.29, 1.82) is 0 Å². The van der Waals surface area contributed by atoms with Crippen molar-refractivity contribution in [2.45, 2.75) is 38.8 Å². The van der Waals surface area contributed by atoms with E-state index < -0.39 is 11.6 Å². The predicted octanol–water partition coefficient (Wildman–Crippen LogP) is -0.790. The Kier molecular flexibility index (Phi) is 6.20. The Bertz CT molecular complexity index is 215. The van der Waals surface area contributed by atoms with Crippen molar-refractivity contribution in [2.24, 2.45) is 0 Å². The molecule has 0 fully saturated rings. The largest absolute Gasteiger partial charge is 0.460 e. The maximum atomic E-state index is 11.3. The molecule has 0 aromatic carbocycles. The Morgan fingerprint density at radius 3 is 2.60 bits per heavy atom. The van der Waals surface area contributed by atoms with Gasteiger partial charge in [0.2, 0.25) is 0 Å². The summed E-state index contributed by atoms with van der Waals surface area (Å²) in [6.07, 6.45) is 0.735. The second-order valence-electron chi connectivity index (χ2n) is 4.24. The van der Waals surface area contributed by atoms with Crippen LogP contribution < -0.4 is 5.23 Å². The quantitative estimate of drug-likeness (QED) is 0.345. The van der Waals surface area contributed by atoms with Gasteiger partial charge in [-0.05, 0) is 20.8 Å². The highest BCUT2D eigenvalue weighted by atomic mass is 16.6.